The number of rotatable bonds is 4. The third kappa shape index (κ3) is 2.48. The van der Waals surface area contributed by atoms with Crippen molar-refractivity contribution in [1.29, 1.82) is 5.26 Å². The van der Waals surface area contributed by atoms with E-state index >= 15 is 0 Å². The SMILES string of the molecule is COc1ccccc1N(C)S(=O)(=O)c1ccc(C#N)s1. The Morgan fingerprint density at radius 1 is 1.25 bits per heavy atom. The van der Waals surface area contributed by atoms with Gasteiger partial charge in [0.15, 0.2) is 0 Å². The molecule has 0 amide bonds. The lowest BCUT2D eigenvalue weighted by atomic mass is 10.3. The molecular formula is C13H12N2O3S2. The Balaban J connectivity index is 2.46. The first-order chi connectivity index (χ1) is 9.50. The van der Waals surface area contributed by atoms with Crippen LogP contribution in [0.1, 0.15) is 4.88 Å². The van der Waals surface area contributed by atoms with Gasteiger partial charge in [-0.1, -0.05) is 12.1 Å². The first-order valence-corrected chi connectivity index (χ1v) is 7.88. The van der Waals surface area contributed by atoms with Gasteiger partial charge in [0.1, 0.15) is 20.9 Å². The summed E-state index contributed by atoms with van der Waals surface area (Å²) in [5.41, 5.74) is 0.446. The van der Waals surface area contributed by atoms with Gasteiger partial charge in [0.25, 0.3) is 10.0 Å². The Hall–Kier alpha value is -2.04. The number of sulfonamides is 1. The molecule has 1 aromatic heterocycles. The van der Waals surface area contributed by atoms with Crippen molar-refractivity contribution >= 4 is 27.0 Å². The minimum atomic E-state index is -3.69. The van der Waals surface area contributed by atoms with E-state index in [2.05, 4.69) is 0 Å². The number of nitriles is 1. The molecule has 0 atom stereocenters. The van der Waals surface area contributed by atoms with E-state index in [1.165, 1.54) is 26.3 Å². The van der Waals surface area contributed by atoms with E-state index in [4.69, 9.17) is 10.00 Å². The monoisotopic (exact) mass is 308 g/mol. The molecule has 0 fully saturated rings. The molecule has 104 valence electrons. The average Bonchev–Trinajstić information content (AvgIpc) is 2.96. The standard InChI is InChI=1S/C13H12N2O3S2/c1-15(11-5-3-4-6-12(11)18-2)20(16,17)13-8-7-10(9-14)19-13/h3-8H,1-2H3. The quantitative estimate of drug-likeness (QED) is 0.870. The molecule has 0 saturated heterocycles. The van der Waals surface area contributed by atoms with Gasteiger partial charge < -0.3 is 4.74 Å². The van der Waals surface area contributed by atoms with Crippen molar-refractivity contribution in [3.63, 3.8) is 0 Å². The van der Waals surface area contributed by atoms with Crippen LogP contribution in [-0.4, -0.2) is 22.6 Å². The summed E-state index contributed by atoms with van der Waals surface area (Å²) in [5, 5.41) is 8.79. The van der Waals surface area contributed by atoms with Crippen LogP contribution in [0.3, 0.4) is 0 Å². The maximum atomic E-state index is 12.5. The lowest BCUT2D eigenvalue weighted by Gasteiger charge is -2.20. The topological polar surface area (TPSA) is 70.4 Å². The average molecular weight is 308 g/mol. The summed E-state index contributed by atoms with van der Waals surface area (Å²) in [4.78, 5) is 0.358. The Morgan fingerprint density at radius 2 is 1.95 bits per heavy atom. The molecule has 7 heteroatoms. The van der Waals surface area contributed by atoms with Crippen LogP contribution in [0, 0.1) is 11.3 Å². The van der Waals surface area contributed by atoms with Crippen molar-refractivity contribution in [3.05, 3.63) is 41.3 Å². The van der Waals surface area contributed by atoms with Gasteiger partial charge >= 0.3 is 0 Å². The van der Waals surface area contributed by atoms with Gasteiger partial charge in [0.05, 0.1) is 12.8 Å². The molecule has 0 spiro atoms. The molecule has 2 rings (SSSR count). The molecular weight excluding hydrogens is 296 g/mol. The maximum absolute atomic E-state index is 12.5. The van der Waals surface area contributed by atoms with Gasteiger partial charge in [0.2, 0.25) is 0 Å². The highest BCUT2D eigenvalue weighted by atomic mass is 32.2. The van der Waals surface area contributed by atoms with Crippen LogP contribution in [0.2, 0.25) is 0 Å². The summed E-state index contributed by atoms with van der Waals surface area (Å²) < 4.78 is 31.5. The first kappa shape index (κ1) is 14.4. The third-order valence-corrected chi connectivity index (χ3v) is 5.96. The van der Waals surface area contributed by atoms with Gasteiger partial charge in [-0.25, -0.2) is 8.42 Å². The van der Waals surface area contributed by atoms with Crippen LogP contribution in [0.15, 0.2) is 40.6 Å². The number of hydrogen-bond acceptors (Lipinski definition) is 5. The van der Waals surface area contributed by atoms with Crippen LogP contribution >= 0.6 is 11.3 Å². The van der Waals surface area contributed by atoms with E-state index < -0.39 is 10.0 Å². The molecule has 2 aromatic rings. The highest BCUT2D eigenvalue weighted by Crippen LogP contribution is 2.32. The van der Waals surface area contributed by atoms with E-state index in [9.17, 15) is 8.42 Å². The summed E-state index contributed by atoms with van der Waals surface area (Å²) in [6.45, 7) is 0. The zero-order valence-electron chi connectivity index (χ0n) is 10.9. The molecule has 0 saturated carbocycles. The number of benzene rings is 1. The minimum absolute atomic E-state index is 0.127. The zero-order valence-corrected chi connectivity index (χ0v) is 12.5. The summed E-state index contributed by atoms with van der Waals surface area (Å²) in [6.07, 6.45) is 0. The lowest BCUT2D eigenvalue weighted by Crippen LogP contribution is -2.26. The van der Waals surface area contributed by atoms with E-state index in [1.54, 1.807) is 24.3 Å². The normalized spacial score (nSPS) is 10.8. The van der Waals surface area contributed by atoms with Crippen LogP contribution in [0.25, 0.3) is 0 Å². The molecule has 1 heterocycles. The van der Waals surface area contributed by atoms with Crippen molar-refractivity contribution in [2.24, 2.45) is 0 Å². The molecule has 0 radical (unpaired) electrons. The van der Waals surface area contributed by atoms with Crippen LogP contribution in [0.4, 0.5) is 5.69 Å². The van der Waals surface area contributed by atoms with Crippen LogP contribution in [-0.2, 0) is 10.0 Å². The fourth-order valence-electron chi connectivity index (χ4n) is 1.67. The van der Waals surface area contributed by atoms with Crippen molar-refractivity contribution in [2.45, 2.75) is 4.21 Å². The summed E-state index contributed by atoms with van der Waals surface area (Å²) in [6, 6.07) is 11.7. The zero-order chi connectivity index (χ0) is 14.8. The van der Waals surface area contributed by atoms with Gasteiger partial charge in [0, 0.05) is 7.05 Å². The maximum Gasteiger partial charge on any atom is 0.273 e. The van der Waals surface area contributed by atoms with E-state index in [-0.39, 0.29) is 4.21 Å². The van der Waals surface area contributed by atoms with Crippen molar-refractivity contribution < 1.29 is 13.2 Å². The van der Waals surface area contributed by atoms with Crippen LogP contribution in [0.5, 0.6) is 5.75 Å². The number of anilines is 1. The Morgan fingerprint density at radius 3 is 2.55 bits per heavy atom. The largest absolute Gasteiger partial charge is 0.495 e. The van der Waals surface area contributed by atoms with Crippen molar-refractivity contribution in [2.75, 3.05) is 18.5 Å². The fraction of sp³-hybridized carbons (Fsp3) is 0.154. The lowest BCUT2D eigenvalue weighted by molar-refractivity contribution is 0.416. The molecule has 0 aliphatic carbocycles. The number of methoxy groups -OCH3 is 1. The van der Waals surface area contributed by atoms with E-state index in [0.29, 0.717) is 16.3 Å². The summed E-state index contributed by atoms with van der Waals surface area (Å²) >= 11 is 0.945. The minimum Gasteiger partial charge on any atom is -0.495 e. The van der Waals surface area contributed by atoms with E-state index in [1.807, 2.05) is 6.07 Å². The van der Waals surface area contributed by atoms with Crippen LogP contribution < -0.4 is 9.04 Å². The molecule has 0 unspecified atom stereocenters. The molecule has 0 N–H and O–H groups in total. The molecule has 1 aromatic carbocycles. The number of ether oxygens (including phenoxy) is 1. The van der Waals surface area contributed by atoms with Gasteiger partial charge in [-0.3, -0.25) is 4.31 Å². The molecule has 0 aliphatic rings. The second kappa shape index (κ2) is 5.53. The highest BCUT2D eigenvalue weighted by molar-refractivity contribution is 7.94. The van der Waals surface area contributed by atoms with Gasteiger partial charge in [-0.2, -0.15) is 5.26 Å². The molecule has 20 heavy (non-hydrogen) atoms. The van der Waals surface area contributed by atoms with Gasteiger partial charge in [-0.05, 0) is 24.3 Å². The molecule has 0 bridgehead atoms. The Bertz CT molecular complexity index is 760. The third-order valence-electron chi connectivity index (χ3n) is 2.73. The second-order valence-corrected chi connectivity index (χ2v) is 7.15. The first-order valence-electron chi connectivity index (χ1n) is 5.62. The number of nitrogens with zero attached hydrogens (tertiary/aromatic N) is 2. The fourth-order valence-corrected chi connectivity index (χ4v) is 4.15. The van der Waals surface area contributed by atoms with Gasteiger partial charge in [-0.15, -0.1) is 11.3 Å². The summed E-state index contributed by atoms with van der Waals surface area (Å²) in [7, 11) is -0.752. The Labute approximate surface area is 121 Å². The number of hydrogen-bond donors (Lipinski definition) is 0. The predicted molar refractivity (Wildman–Crippen MR) is 77.6 cm³/mol. The predicted octanol–water partition coefficient (Wildman–Crippen LogP) is 2.45. The Kier molecular flexibility index (Phi) is 3.97. The van der Waals surface area contributed by atoms with Crippen molar-refractivity contribution in [1.82, 2.24) is 0 Å². The number of para-hydroxylation sites is 2. The van der Waals surface area contributed by atoms with Crippen molar-refractivity contribution in [3.8, 4) is 11.8 Å². The summed E-state index contributed by atoms with van der Waals surface area (Å²) in [5.74, 6) is 0.468. The smallest absolute Gasteiger partial charge is 0.273 e. The molecule has 0 aliphatic heterocycles. The number of thiophene rings is 1. The highest BCUT2D eigenvalue weighted by Gasteiger charge is 2.25. The molecule has 5 nitrogen and oxygen atoms in total. The van der Waals surface area contributed by atoms with E-state index in [0.717, 1.165) is 15.6 Å². The second-order valence-electron chi connectivity index (χ2n) is 3.87.